The second kappa shape index (κ2) is 14.8. The Kier molecular flexibility index (Phi) is 11.2. The molecule has 3 aromatic rings. The molecule has 0 bridgehead atoms. The van der Waals surface area contributed by atoms with Gasteiger partial charge in [0.2, 0.25) is 16.3 Å². The molecule has 3 aromatic carbocycles. The van der Waals surface area contributed by atoms with Gasteiger partial charge in [-0.2, -0.15) is 4.31 Å². The fourth-order valence-electron chi connectivity index (χ4n) is 4.37. The average molecular weight is 693 g/mol. The van der Waals surface area contributed by atoms with E-state index in [9.17, 15) is 18.3 Å². The van der Waals surface area contributed by atoms with E-state index in [1.807, 2.05) is 54.6 Å². The summed E-state index contributed by atoms with van der Waals surface area (Å²) in [5.41, 5.74) is 1.97. The molecule has 0 spiro atoms. The first-order valence-electron chi connectivity index (χ1n) is 13.1. The van der Waals surface area contributed by atoms with Gasteiger partial charge in [-0.05, 0) is 76.2 Å². The largest absolute Gasteiger partial charge is 0.497 e. The Morgan fingerprint density at radius 2 is 1.76 bits per heavy atom. The Hall–Kier alpha value is -2.97. The highest BCUT2D eigenvalue weighted by atomic mass is 127. The van der Waals surface area contributed by atoms with E-state index < -0.39 is 16.3 Å². The Morgan fingerprint density at radius 1 is 1.05 bits per heavy atom. The first kappa shape index (κ1) is 31.0. The Labute approximate surface area is 254 Å². The summed E-state index contributed by atoms with van der Waals surface area (Å²) in [6.07, 6.45) is 1.47. The van der Waals surface area contributed by atoms with Gasteiger partial charge in [0.05, 0.1) is 25.2 Å². The normalized spacial score (nSPS) is 17.0. The molecule has 0 radical (unpaired) electrons. The minimum absolute atomic E-state index is 0.00161. The van der Waals surface area contributed by atoms with Crippen molar-refractivity contribution in [2.45, 2.75) is 30.1 Å². The van der Waals surface area contributed by atoms with Crippen LogP contribution < -0.4 is 10.1 Å². The van der Waals surface area contributed by atoms with Crippen molar-refractivity contribution in [2.24, 2.45) is 0 Å². The molecule has 2 atom stereocenters. The summed E-state index contributed by atoms with van der Waals surface area (Å²) in [5, 5.41) is 12.4. The van der Waals surface area contributed by atoms with Crippen molar-refractivity contribution in [3.05, 3.63) is 105 Å². The van der Waals surface area contributed by atoms with E-state index in [-0.39, 0.29) is 48.8 Å². The molecule has 9 nitrogen and oxygen atoms in total. The third kappa shape index (κ3) is 8.52. The number of halogens is 1. The van der Waals surface area contributed by atoms with Crippen molar-refractivity contribution in [1.82, 2.24) is 9.62 Å². The van der Waals surface area contributed by atoms with Gasteiger partial charge in [0.15, 0.2) is 5.76 Å². The number of allylic oxidation sites excluding steroid dienone is 1. The van der Waals surface area contributed by atoms with E-state index in [0.29, 0.717) is 18.7 Å². The van der Waals surface area contributed by atoms with Gasteiger partial charge in [0, 0.05) is 35.5 Å². The van der Waals surface area contributed by atoms with Gasteiger partial charge in [-0.15, -0.1) is 0 Å². The summed E-state index contributed by atoms with van der Waals surface area (Å²) in [5.74, 6) is 0.190. The van der Waals surface area contributed by atoms with Crippen molar-refractivity contribution in [3.8, 4) is 5.75 Å². The highest BCUT2D eigenvalue weighted by Gasteiger charge is 2.30. The lowest BCUT2D eigenvalue weighted by Crippen LogP contribution is -2.38. The number of hydrogen-bond acceptors (Lipinski definition) is 7. The maximum absolute atomic E-state index is 13.2. The first-order valence-corrected chi connectivity index (χ1v) is 15.6. The minimum Gasteiger partial charge on any atom is -0.497 e. The monoisotopic (exact) mass is 692 g/mol. The van der Waals surface area contributed by atoms with Gasteiger partial charge >= 0.3 is 0 Å². The van der Waals surface area contributed by atoms with Crippen molar-refractivity contribution < 1.29 is 32.5 Å². The number of aliphatic hydroxyl groups excluding tert-OH is 1. The predicted molar refractivity (Wildman–Crippen MR) is 163 cm³/mol. The second-order valence-electron chi connectivity index (χ2n) is 9.31. The van der Waals surface area contributed by atoms with Crippen LogP contribution >= 0.6 is 22.6 Å². The van der Waals surface area contributed by atoms with Crippen LogP contribution in [-0.2, 0) is 30.8 Å². The van der Waals surface area contributed by atoms with Gasteiger partial charge in [-0.3, -0.25) is 4.79 Å². The fraction of sp³-hybridized carbons (Fsp3) is 0.300. The molecule has 0 aliphatic carbocycles. The number of nitrogens with one attached hydrogen (secondary N) is 1. The van der Waals surface area contributed by atoms with E-state index in [0.717, 1.165) is 19.0 Å². The summed E-state index contributed by atoms with van der Waals surface area (Å²) in [7, 11) is -2.38. The molecule has 11 heteroatoms. The van der Waals surface area contributed by atoms with E-state index >= 15 is 0 Å². The van der Waals surface area contributed by atoms with Crippen molar-refractivity contribution in [1.29, 1.82) is 0 Å². The predicted octanol–water partition coefficient (Wildman–Crippen LogP) is 4.03. The second-order valence-corrected chi connectivity index (χ2v) is 12.5. The standard InChI is InChI=1S/C30H33IN2O7S/c1-38-26-11-13-27(14-12-26)41(36,37)33(15-17-34)16-18-39-29-20-24(23-7-9-25(31)10-8-23)19-28(40-29)30(35)32-21-22-5-3-2-4-6-22/h2-14,19,24,29,34H,15-18,20-21H2,1H3,(H,32,35)/t24-,29+/m1/s1. The molecule has 1 amide bonds. The SMILES string of the molecule is COc1ccc(S(=O)(=O)N(CCO)CCO[C@@H]2C[C@H](c3ccc(I)cc3)C=C(C(=O)NCc3ccccc3)O2)cc1. The van der Waals surface area contributed by atoms with Gasteiger partial charge in [0.25, 0.3) is 5.91 Å². The van der Waals surface area contributed by atoms with Crippen LogP contribution in [-0.4, -0.2) is 63.4 Å². The molecule has 41 heavy (non-hydrogen) atoms. The number of rotatable bonds is 13. The number of nitrogens with zero attached hydrogens (tertiary/aromatic N) is 1. The van der Waals surface area contributed by atoms with E-state index in [1.54, 1.807) is 18.2 Å². The van der Waals surface area contributed by atoms with Gasteiger partial charge in [0.1, 0.15) is 5.75 Å². The minimum atomic E-state index is -3.89. The lowest BCUT2D eigenvalue weighted by Gasteiger charge is -2.30. The molecule has 1 aliphatic rings. The maximum Gasteiger partial charge on any atom is 0.286 e. The average Bonchev–Trinajstić information content (AvgIpc) is 3.00. The zero-order chi connectivity index (χ0) is 29.2. The van der Waals surface area contributed by atoms with Gasteiger partial charge < -0.3 is 24.6 Å². The first-order chi connectivity index (χ1) is 19.8. The number of aliphatic hydroxyl groups is 1. The maximum atomic E-state index is 13.2. The molecule has 0 aromatic heterocycles. The van der Waals surface area contributed by atoms with E-state index in [4.69, 9.17) is 14.2 Å². The molecular formula is C30H33IN2O7S. The van der Waals surface area contributed by atoms with Crippen LogP contribution in [0.3, 0.4) is 0 Å². The van der Waals surface area contributed by atoms with Gasteiger partial charge in [-0.1, -0.05) is 42.5 Å². The molecule has 0 saturated carbocycles. The summed E-state index contributed by atoms with van der Waals surface area (Å²) in [6.45, 7) is -0.111. The summed E-state index contributed by atoms with van der Waals surface area (Å²) >= 11 is 2.24. The van der Waals surface area contributed by atoms with E-state index in [2.05, 4.69) is 27.9 Å². The number of carbonyl (C=O) groups excluding carboxylic acids is 1. The number of benzene rings is 3. The number of ether oxygens (including phenoxy) is 3. The smallest absolute Gasteiger partial charge is 0.286 e. The van der Waals surface area contributed by atoms with Crippen molar-refractivity contribution >= 4 is 38.5 Å². The number of methoxy groups -OCH3 is 1. The third-order valence-corrected chi connectivity index (χ3v) is 9.20. The van der Waals surface area contributed by atoms with Crippen LogP contribution in [0, 0.1) is 3.57 Å². The van der Waals surface area contributed by atoms with Gasteiger partial charge in [-0.25, -0.2) is 8.42 Å². The fourth-order valence-corrected chi connectivity index (χ4v) is 6.15. The highest BCUT2D eigenvalue weighted by Crippen LogP contribution is 2.32. The van der Waals surface area contributed by atoms with Crippen LogP contribution in [0.15, 0.2) is 95.6 Å². The number of carbonyl (C=O) groups is 1. The van der Waals surface area contributed by atoms with Crippen LogP contribution in [0.4, 0.5) is 0 Å². The van der Waals surface area contributed by atoms with Crippen molar-refractivity contribution in [3.63, 3.8) is 0 Å². The molecular weight excluding hydrogens is 659 g/mol. The molecule has 0 fully saturated rings. The molecule has 4 rings (SSSR count). The molecule has 1 heterocycles. The molecule has 1 aliphatic heterocycles. The van der Waals surface area contributed by atoms with Crippen LogP contribution in [0.1, 0.15) is 23.5 Å². The van der Waals surface area contributed by atoms with Crippen molar-refractivity contribution in [2.75, 3.05) is 33.4 Å². The van der Waals surface area contributed by atoms with Crippen LogP contribution in [0.25, 0.3) is 0 Å². The third-order valence-electron chi connectivity index (χ3n) is 6.57. The quantitative estimate of drug-likeness (QED) is 0.260. The molecule has 0 unspecified atom stereocenters. The Morgan fingerprint density at radius 3 is 2.41 bits per heavy atom. The topological polar surface area (TPSA) is 114 Å². The number of amides is 1. The van der Waals surface area contributed by atoms with Crippen LogP contribution in [0.5, 0.6) is 5.75 Å². The lowest BCUT2D eigenvalue weighted by atomic mass is 9.93. The Balaban J connectivity index is 1.44. The number of sulfonamides is 1. The molecule has 2 N–H and O–H groups in total. The number of hydrogen-bond donors (Lipinski definition) is 2. The zero-order valence-corrected chi connectivity index (χ0v) is 25.6. The summed E-state index contributed by atoms with van der Waals surface area (Å²) in [6, 6.07) is 23.6. The molecule has 218 valence electrons. The lowest BCUT2D eigenvalue weighted by molar-refractivity contribution is -0.146. The Bertz CT molecular complexity index is 1420. The van der Waals surface area contributed by atoms with E-state index in [1.165, 1.54) is 19.2 Å². The summed E-state index contributed by atoms with van der Waals surface area (Å²) < 4.78 is 45.8. The van der Waals surface area contributed by atoms with Crippen LogP contribution in [0.2, 0.25) is 0 Å². The zero-order valence-electron chi connectivity index (χ0n) is 22.6. The highest BCUT2D eigenvalue weighted by molar-refractivity contribution is 14.1. The molecule has 0 saturated heterocycles. The summed E-state index contributed by atoms with van der Waals surface area (Å²) in [4.78, 5) is 13.1.